The van der Waals surface area contributed by atoms with Gasteiger partial charge in [-0.25, -0.2) is 15.3 Å². The third kappa shape index (κ3) is 5.48. The second-order valence-corrected chi connectivity index (χ2v) is 5.01. The number of methoxy groups -OCH3 is 1. The van der Waals surface area contributed by atoms with Gasteiger partial charge < -0.3 is 10.1 Å². The van der Waals surface area contributed by atoms with Gasteiger partial charge >= 0.3 is 11.4 Å². The predicted molar refractivity (Wildman–Crippen MR) is 94.0 cm³/mol. The lowest BCUT2D eigenvalue weighted by atomic mass is 10.2. The molecule has 13 nitrogen and oxygen atoms in total. The molecule has 0 saturated carbocycles. The normalized spacial score (nSPS) is 10.6. The van der Waals surface area contributed by atoms with Gasteiger partial charge in [-0.05, 0) is 12.1 Å². The molecular weight excluding hydrogens is 362 g/mol. The monoisotopic (exact) mass is 377 g/mol. The van der Waals surface area contributed by atoms with Gasteiger partial charge in [0.2, 0.25) is 11.7 Å². The molecule has 1 amide bonds. The highest BCUT2D eigenvalue weighted by Crippen LogP contribution is 2.26. The van der Waals surface area contributed by atoms with Crippen molar-refractivity contribution in [1.29, 1.82) is 0 Å². The number of rotatable bonds is 8. The van der Waals surface area contributed by atoms with Crippen LogP contribution in [0.5, 0.6) is 5.75 Å². The molecule has 1 aromatic carbocycles. The highest BCUT2D eigenvalue weighted by molar-refractivity contribution is 5.83. The zero-order valence-corrected chi connectivity index (χ0v) is 14.0. The van der Waals surface area contributed by atoms with Gasteiger partial charge in [0.1, 0.15) is 0 Å². The fourth-order valence-electron chi connectivity index (χ4n) is 1.93. The second-order valence-electron chi connectivity index (χ2n) is 5.01. The van der Waals surface area contributed by atoms with Gasteiger partial charge in [0.15, 0.2) is 5.75 Å². The molecule has 1 aromatic heterocycles. The second kappa shape index (κ2) is 8.89. The Balaban J connectivity index is 1.86. The molecule has 13 heteroatoms. The number of nitro groups is 1. The number of nitrogens with one attached hydrogen (secondary N) is 4. The maximum atomic E-state index is 11.7. The number of nitro benzene ring substituents is 1. The lowest BCUT2D eigenvalue weighted by Crippen LogP contribution is -2.28. The van der Waals surface area contributed by atoms with Crippen LogP contribution >= 0.6 is 0 Å². The number of ether oxygens (including phenoxy) is 1. The Bertz CT molecular complexity index is 980. The summed E-state index contributed by atoms with van der Waals surface area (Å²) in [6, 6.07) is 4.21. The van der Waals surface area contributed by atoms with Crippen molar-refractivity contribution in [2.45, 2.75) is 6.42 Å². The van der Waals surface area contributed by atoms with Crippen molar-refractivity contribution in [2.24, 2.45) is 5.10 Å². The van der Waals surface area contributed by atoms with Crippen LogP contribution in [0.3, 0.4) is 0 Å². The van der Waals surface area contributed by atoms with E-state index in [9.17, 15) is 24.5 Å². The largest absolute Gasteiger partial charge is 0.490 e. The van der Waals surface area contributed by atoms with Crippen molar-refractivity contribution in [3.8, 4) is 5.75 Å². The minimum absolute atomic E-state index is 0.0413. The Morgan fingerprint density at radius 3 is 2.89 bits per heavy atom. The third-order valence-electron chi connectivity index (χ3n) is 3.16. The maximum absolute atomic E-state index is 11.7. The summed E-state index contributed by atoms with van der Waals surface area (Å²) in [6.07, 6.45) is 1.20. The highest BCUT2D eigenvalue weighted by Gasteiger charge is 2.14. The van der Waals surface area contributed by atoms with Crippen LogP contribution in [-0.4, -0.2) is 45.9 Å². The molecule has 142 valence electrons. The topological polar surface area (TPSA) is 184 Å². The molecule has 0 aliphatic heterocycles. The SMILES string of the molecule is COc1ccc(/C=N/NC(=O)CCNc2n[nH]c(=O)[nH]c2=O)cc1[N+](=O)[O-]. The van der Waals surface area contributed by atoms with Crippen molar-refractivity contribution in [3.05, 3.63) is 54.7 Å². The molecule has 0 spiro atoms. The van der Waals surface area contributed by atoms with E-state index >= 15 is 0 Å². The molecule has 0 saturated heterocycles. The molecular formula is C14H15N7O6. The Morgan fingerprint density at radius 2 is 2.22 bits per heavy atom. The molecule has 0 atom stereocenters. The fraction of sp³-hybridized carbons (Fsp3) is 0.214. The van der Waals surface area contributed by atoms with Crippen molar-refractivity contribution in [2.75, 3.05) is 19.0 Å². The maximum Gasteiger partial charge on any atom is 0.342 e. The number of hydrogen-bond donors (Lipinski definition) is 4. The van der Waals surface area contributed by atoms with E-state index < -0.39 is 22.1 Å². The minimum atomic E-state index is -0.739. The van der Waals surface area contributed by atoms with Gasteiger partial charge in [-0.2, -0.15) is 5.10 Å². The zero-order valence-electron chi connectivity index (χ0n) is 14.0. The zero-order chi connectivity index (χ0) is 19.8. The van der Waals surface area contributed by atoms with Crippen LogP contribution in [0.15, 0.2) is 32.9 Å². The molecule has 0 unspecified atom stereocenters. The summed E-state index contributed by atoms with van der Waals surface area (Å²) in [5.74, 6) is -0.489. The number of hydrazone groups is 1. The van der Waals surface area contributed by atoms with Gasteiger partial charge in [0.25, 0.3) is 5.56 Å². The molecule has 2 aromatic rings. The molecule has 27 heavy (non-hydrogen) atoms. The predicted octanol–water partition coefficient (Wildman–Crippen LogP) is -0.673. The quantitative estimate of drug-likeness (QED) is 0.265. The summed E-state index contributed by atoms with van der Waals surface area (Å²) in [4.78, 5) is 46.2. The number of carbonyl (C=O) groups excluding carboxylic acids is 1. The lowest BCUT2D eigenvalue weighted by Gasteiger charge is -2.03. The molecule has 0 fully saturated rings. The third-order valence-corrected chi connectivity index (χ3v) is 3.16. The Hall–Kier alpha value is -4.03. The average Bonchev–Trinajstić information content (AvgIpc) is 2.63. The smallest absolute Gasteiger partial charge is 0.342 e. The van der Waals surface area contributed by atoms with Crippen molar-refractivity contribution in [3.63, 3.8) is 0 Å². The first-order chi connectivity index (χ1) is 12.9. The van der Waals surface area contributed by atoms with E-state index in [1.54, 1.807) is 0 Å². The number of aromatic amines is 2. The molecule has 4 N–H and O–H groups in total. The van der Waals surface area contributed by atoms with Crippen LogP contribution in [0.1, 0.15) is 12.0 Å². The van der Waals surface area contributed by atoms with E-state index in [0.717, 1.165) is 0 Å². The minimum Gasteiger partial charge on any atom is -0.490 e. The first-order valence-electron chi connectivity index (χ1n) is 7.48. The standard InChI is InChI=1S/C14H15N7O6/c1-27-10-3-2-8(6-9(10)21(25)26)7-16-18-11(22)4-5-15-12-13(23)17-14(24)20-19-12/h2-3,6-7H,4-5H2,1H3,(H,15,19)(H,18,22)(H2,17,20,23,24)/b16-7+. The molecule has 0 aliphatic rings. The first-order valence-corrected chi connectivity index (χ1v) is 7.48. The van der Waals surface area contributed by atoms with Gasteiger partial charge in [-0.1, -0.05) is 0 Å². The van der Waals surface area contributed by atoms with E-state index in [1.165, 1.54) is 31.5 Å². The molecule has 1 heterocycles. The summed E-state index contributed by atoms with van der Waals surface area (Å²) in [5, 5.41) is 22.8. The van der Waals surface area contributed by atoms with Crippen LogP contribution in [0, 0.1) is 10.1 Å². The number of benzene rings is 1. The number of amides is 1. The Kier molecular flexibility index (Phi) is 6.35. The Morgan fingerprint density at radius 1 is 1.44 bits per heavy atom. The number of aromatic nitrogens is 3. The van der Waals surface area contributed by atoms with E-state index in [2.05, 4.69) is 20.9 Å². The summed E-state index contributed by atoms with van der Waals surface area (Å²) in [7, 11) is 1.32. The number of H-pyrrole nitrogens is 2. The van der Waals surface area contributed by atoms with Crippen LogP contribution in [-0.2, 0) is 4.79 Å². The fourth-order valence-corrected chi connectivity index (χ4v) is 1.93. The van der Waals surface area contributed by atoms with E-state index in [1.807, 2.05) is 10.1 Å². The average molecular weight is 377 g/mol. The van der Waals surface area contributed by atoms with Crippen molar-refractivity contribution < 1.29 is 14.5 Å². The van der Waals surface area contributed by atoms with Gasteiger partial charge in [0.05, 0.1) is 18.2 Å². The summed E-state index contributed by atoms with van der Waals surface area (Å²) >= 11 is 0. The highest BCUT2D eigenvalue weighted by atomic mass is 16.6. The van der Waals surface area contributed by atoms with Gasteiger partial charge in [-0.15, -0.1) is 5.10 Å². The van der Waals surface area contributed by atoms with Crippen molar-refractivity contribution >= 4 is 23.6 Å². The molecule has 0 bridgehead atoms. The molecule has 0 aliphatic carbocycles. The number of nitrogens with zero attached hydrogens (tertiary/aromatic N) is 3. The van der Waals surface area contributed by atoms with Crippen LogP contribution in [0.2, 0.25) is 0 Å². The van der Waals surface area contributed by atoms with Crippen LogP contribution in [0.25, 0.3) is 0 Å². The van der Waals surface area contributed by atoms with Crippen molar-refractivity contribution in [1.82, 2.24) is 20.6 Å². The van der Waals surface area contributed by atoms with Gasteiger partial charge in [0, 0.05) is 24.6 Å². The van der Waals surface area contributed by atoms with Crippen LogP contribution < -0.4 is 26.7 Å². The first kappa shape index (κ1) is 19.3. The summed E-state index contributed by atoms with van der Waals surface area (Å²) in [5.41, 5.74) is 0.961. The van der Waals surface area contributed by atoms with E-state index in [4.69, 9.17) is 4.74 Å². The lowest BCUT2D eigenvalue weighted by molar-refractivity contribution is -0.385. The molecule has 2 rings (SSSR count). The van der Waals surface area contributed by atoms with E-state index in [-0.39, 0.29) is 30.2 Å². The molecule has 0 radical (unpaired) electrons. The number of anilines is 1. The van der Waals surface area contributed by atoms with Gasteiger partial charge in [-0.3, -0.25) is 24.7 Å². The Labute approximate surface area is 150 Å². The number of carbonyl (C=O) groups is 1. The number of hydrogen-bond acceptors (Lipinski definition) is 9. The summed E-state index contributed by atoms with van der Waals surface area (Å²) in [6.45, 7) is 0.0669. The van der Waals surface area contributed by atoms with Crippen LogP contribution in [0.4, 0.5) is 11.5 Å². The van der Waals surface area contributed by atoms with E-state index in [0.29, 0.717) is 5.56 Å². The summed E-state index contributed by atoms with van der Waals surface area (Å²) < 4.78 is 4.89.